The number of nitrogens with zero attached hydrogens (tertiary/aromatic N) is 2. The van der Waals surface area contributed by atoms with Crippen LogP contribution in [-0.4, -0.2) is 28.7 Å². The van der Waals surface area contributed by atoms with E-state index < -0.39 is 5.97 Å². The minimum absolute atomic E-state index is 0.325. The molecular weight excluding hydrogens is 338 g/mol. The van der Waals surface area contributed by atoms with Gasteiger partial charge < -0.3 is 19.9 Å². The molecule has 27 heavy (non-hydrogen) atoms. The largest absolute Gasteiger partial charge is 0.478 e. The van der Waals surface area contributed by atoms with E-state index in [9.17, 15) is 9.90 Å². The Hall–Kier alpha value is -2.95. The van der Waals surface area contributed by atoms with Gasteiger partial charge in [0.25, 0.3) is 0 Å². The maximum atomic E-state index is 11.5. The van der Waals surface area contributed by atoms with E-state index in [1.807, 2.05) is 29.8 Å². The molecule has 0 unspecified atom stereocenters. The van der Waals surface area contributed by atoms with E-state index in [4.69, 9.17) is 0 Å². The van der Waals surface area contributed by atoms with Gasteiger partial charge in [0.15, 0.2) is 0 Å². The van der Waals surface area contributed by atoms with Gasteiger partial charge in [-0.1, -0.05) is 6.92 Å². The van der Waals surface area contributed by atoms with Crippen LogP contribution in [0.1, 0.15) is 30.1 Å². The van der Waals surface area contributed by atoms with Crippen molar-refractivity contribution in [1.82, 2.24) is 4.57 Å². The summed E-state index contributed by atoms with van der Waals surface area (Å²) >= 11 is 0. The number of aromatic nitrogens is 1. The van der Waals surface area contributed by atoms with E-state index in [0.717, 1.165) is 41.3 Å². The lowest BCUT2D eigenvalue weighted by Gasteiger charge is -2.32. The lowest BCUT2D eigenvalue weighted by molar-refractivity contribution is 0.0699. The molecule has 0 radical (unpaired) electrons. The first-order chi connectivity index (χ1) is 13.0. The average molecular weight is 363 g/mol. The van der Waals surface area contributed by atoms with Gasteiger partial charge in [-0.25, -0.2) is 4.79 Å². The van der Waals surface area contributed by atoms with E-state index in [0.29, 0.717) is 5.56 Å². The molecule has 1 saturated heterocycles. The van der Waals surface area contributed by atoms with Crippen LogP contribution in [0, 0.1) is 5.92 Å². The predicted molar refractivity (Wildman–Crippen MR) is 110 cm³/mol. The van der Waals surface area contributed by atoms with Crippen molar-refractivity contribution in [2.75, 3.05) is 23.3 Å². The van der Waals surface area contributed by atoms with Crippen LogP contribution in [0.25, 0.3) is 10.9 Å². The number of rotatable bonds is 4. The predicted octanol–water partition coefficient (Wildman–Crippen LogP) is 4.86. The Balaban J connectivity index is 1.53. The van der Waals surface area contributed by atoms with Gasteiger partial charge in [0.05, 0.1) is 5.56 Å². The molecule has 5 heteroatoms. The maximum absolute atomic E-state index is 11.5. The molecule has 0 atom stereocenters. The Bertz CT molecular complexity index is 967. The molecule has 0 amide bonds. The van der Waals surface area contributed by atoms with Crippen molar-refractivity contribution in [3.63, 3.8) is 0 Å². The van der Waals surface area contributed by atoms with Gasteiger partial charge in [0, 0.05) is 54.3 Å². The topological polar surface area (TPSA) is 57.5 Å². The third-order valence-corrected chi connectivity index (χ3v) is 5.52. The monoisotopic (exact) mass is 363 g/mol. The highest BCUT2D eigenvalue weighted by molar-refractivity contribution is 6.04. The maximum Gasteiger partial charge on any atom is 0.337 e. The Labute approximate surface area is 159 Å². The highest BCUT2D eigenvalue weighted by atomic mass is 16.4. The fraction of sp³-hybridized carbons (Fsp3) is 0.318. The van der Waals surface area contributed by atoms with Crippen LogP contribution in [0.15, 0.2) is 48.7 Å². The van der Waals surface area contributed by atoms with Gasteiger partial charge >= 0.3 is 5.97 Å². The summed E-state index contributed by atoms with van der Waals surface area (Å²) in [7, 11) is 1.86. The molecule has 4 rings (SSSR count). The first-order valence-corrected chi connectivity index (χ1v) is 9.45. The SMILES string of the molecule is CC1CCN(c2ccc(Nc3ccc4c(c3)c(C(=O)O)cn4C)cc2)CC1. The van der Waals surface area contributed by atoms with Crippen molar-refractivity contribution in [3.8, 4) is 0 Å². The number of carboxylic acids is 1. The molecular formula is C22H25N3O2. The fourth-order valence-electron chi connectivity index (χ4n) is 3.83. The molecule has 0 spiro atoms. The minimum atomic E-state index is -0.905. The summed E-state index contributed by atoms with van der Waals surface area (Å²) in [6.07, 6.45) is 4.16. The van der Waals surface area contributed by atoms with Crippen LogP contribution < -0.4 is 10.2 Å². The molecule has 3 aromatic rings. The highest BCUT2D eigenvalue weighted by Crippen LogP contribution is 2.28. The molecule has 5 nitrogen and oxygen atoms in total. The molecule has 0 aliphatic carbocycles. The van der Waals surface area contributed by atoms with Gasteiger partial charge in [-0.15, -0.1) is 0 Å². The van der Waals surface area contributed by atoms with Crippen molar-refractivity contribution in [2.24, 2.45) is 13.0 Å². The van der Waals surface area contributed by atoms with E-state index in [-0.39, 0.29) is 0 Å². The third kappa shape index (κ3) is 3.50. The normalized spacial score (nSPS) is 15.3. The number of carbonyl (C=O) groups is 1. The first-order valence-electron chi connectivity index (χ1n) is 9.45. The van der Waals surface area contributed by atoms with Gasteiger partial charge in [0.1, 0.15) is 0 Å². The van der Waals surface area contributed by atoms with Gasteiger partial charge in [0.2, 0.25) is 0 Å². The minimum Gasteiger partial charge on any atom is -0.478 e. The quantitative estimate of drug-likeness (QED) is 0.695. The summed E-state index contributed by atoms with van der Waals surface area (Å²) in [5.74, 6) is -0.0799. The number of fused-ring (bicyclic) bond motifs is 1. The molecule has 1 aliphatic heterocycles. The number of benzene rings is 2. The summed E-state index contributed by atoms with van der Waals surface area (Å²) in [4.78, 5) is 13.9. The van der Waals surface area contributed by atoms with Crippen molar-refractivity contribution >= 4 is 33.9 Å². The van der Waals surface area contributed by atoms with Crippen molar-refractivity contribution in [1.29, 1.82) is 0 Å². The van der Waals surface area contributed by atoms with E-state index >= 15 is 0 Å². The van der Waals surface area contributed by atoms with Crippen molar-refractivity contribution in [2.45, 2.75) is 19.8 Å². The van der Waals surface area contributed by atoms with Crippen molar-refractivity contribution in [3.05, 3.63) is 54.2 Å². The molecule has 1 aromatic heterocycles. The Morgan fingerprint density at radius 3 is 2.41 bits per heavy atom. The van der Waals surface area contributed by atoms with Crippen LogP contribution >= 0.6 is 0 Å². The molecule has 2 N–H and O–H groups in total. The third-order valence-electron chi connectivity index (χ3n) is 5.52. The molecule has 140 valence electrons. The standard InChI is InChI=1S/C22H25N3O2/c1-15-9-11-25(12-10-15)18-6-3-16(4-7-18)23-17-5-8-21-19(13-17)20(22(26)27)14-24(21)2/h3-8,13-15,23H,9-12H2,1-2H3,(H,26,27). The van der Waals surface area contributed by atoms with E-state index in [1.54, 1.807) is 6.20 Å². The van der Waals surface area contributed by atoms with Gasteiger partial charge in [-0.05, 0) is 61.2 Å². The number of anilines is 3. The molecule has 0 saturated carbocycles. The number of carboxylic acid groups (broad SMARTS) is 1. The molecule has 1 aliphatic rings. The van der Waals surface area contributed by atoms with Crippen LogP contribution in [0.5, 0.6) is 0 Å². The van der Waals surface area contributed by atoms with Crippen LogP contribution in [0.4, 0.5) is 17.1 Å². The average Bonchev–Trinajstić information content (AvgIpc) is 3.00. The van der Waals surface area contributed by atoms with Crippen LogP contribution in [0.3, 0.4) is 0 Å². The van der Waals surface area contributed by atoms with Crippen LogP contribution in [0.2, 0.25) is 0 Å². The second kappa shape index (κ2) is 6.99. The zero-order valence-corrected chi connectivity index (χ0v) is 15.8. The van der Waals surface area contributed by atoms with Crippen LogP contribution in [-0.2, 0) is 7.05 Å². The Kier molecular flexibility index (Phi) is 4.52. The summed E-state index contributed by atoms with van der Waals surface area (Å²) in [5.41, 5.74) is 4.38. The summed E-state index contributed by atoms with van der Waals surface area (Å²) in [6, 6.07) is 14.3. The number of aromatic carboxylic acids is 1. The lowest BCUT2D eigenvalue weighted by atomic mass is 9.99. The Morgan fingerprint density at radius 2 is 1.74 bits per heavy atom. The van der Waals surface area contributed by atoms with E-state index in [2.05, 4.69) is 41.4 Å². The van der Waals surface area contributed by atoms with Crippen molar-refractivity contribution < 1.29 is 9.90 Å². The smallest absolute Gasteiger partial charge is 0.337 e. The first kappa shape index (κ1) is 17.5. The zero-order chi connectivity index (χ0) is 19.0. The second-order valence-electron chi connectivity index (χ2n) is 7.53. The molecule has 0 bridgehead atoms. The Morgan fingerprint density at radius 1 is 1.07 bits per heavy atom. The molecule has 1 fully saturated rings. The van der Waals surface area contributed by atoms with Gasteiger partial charge in [-0.2, -0.15) is 0 Å². The summed E-state index contributed by atoms with van der Waals surface area (Å²) in [5, 5.41) is 13.5. The molecule has 2 heterocycles. The van der Waals surface area contributed by atoms with Gasteiger partial charge in [-0.3, -0.25) is 0 Å². The lowest BCUT2D eigenvalue weighted by Crippen LogP contribution is -2.32. The number of aryl methyl sites for hydroxylation is 1. The number of nitrogens with one attached hydrogen (secondary N) is 1. The fourth-order valence-corrected chi connectivity index (χ4v) is 3.83. The summed E-state index contributed by atoms with van der Waals surface area (Å²) < 4.78 is 1.84. The number of hydrogen-bond acceptors (Lipinski definition) is 3. The number of piperidine rings is 1. The van der Waals surface area contributed by atoms with E-state index in [1.165, 1.54) is 18.5 Å². The second-order valence-corrected chi connectivity index (χ2v) is 7.53. The molecule has 2 aromatic carbocycles. The number of hydrogen-bond donors (Lipinski definition) is 2. The zero-order valence-electron chi connectivity index (χ0n) is 15.8. The highest BCUT2D eigenvalue weighted by Gasteiger charge is 2.16. The summed E-state index contributed by atoms with van der Waals surface area (Å²) in [6.45, 7) is 4.57.